The summed E-state index contributed by atoms with van der Waals surface area (Å²) in [6.45, 7) is 3.70. The summed E-state index contributed by atoms with van der Waals surface area (Å²) >= 11 is 14.0. The molecule has 0 spiro atoms. The summed E-state index contributed by atoms with van der Waals surface area (Å²) in [5.74, 6) is -0.491. The van der Waals surface area contributed by atoms with Crippen molar-refractivity contribution in [2.24, 2.45) is 4.99 Å². The minimum Gasteiger partial charge on any atom is -0.380 e. The molecular formula is C26H23Cl2N3O4S2. The van der Waals surface area contributed by atoms with Crippen molar-refractivity contribution in [3.63, 3.8) is 0 Å². The van der Waals surface area contributed by atoms with E-state index in [-0.39, 0.29) is 10.5 Å². The van der Waals surface area contributed by atoms with Crippen molar-refractivity contribution in [1.82, 2.24) is 4.57 Å². The van der Waals surface area contributed by atoms with E-state index in [1.807, 2.05) is 41.8 Å². The first-order valence-electron chi connectivity index (χ1n) is 11.7. The van der Waals surface area contributed by atoms with Crippen molar-refractivity contribution in [3.05, 3.63) is 86.6 Å². The Balaban J connectivity index is 1.47. The molecular weight excluding hydrogens is 553 g/mol. The molecule has 0 bridgehead atoms. The summed E-state index contributed by atoms with van der Waals surface area (Å²) in [5.41, 5.74) is 2.66. The fraction of sp³-hybridized carbons (Fsp3) is 0.231. The number of para-hydroxylation sites is 1. The zero-order valence-electron chi connectivity index (χ0n) is 19.9. The van der Waals surface area contributed by atoms with E-state index in [1.165, 1.54) is 39.9 Å². The quantitative estimate of drug-likeness (QED) is 0.271. The topological polar surface area (TPSA) is 81.0 Å². The molecule has 37 heavy (non-hydrogen) atoms. The Kier molecular flexibility index (Phi) is 7.42. The van der Waals surface area contributed by atoms with Gasteiger partial charge in [0.25, 0.3) is 15.9 Å². The molecule has 11 heteroatoms. The highest BCUT2D eigenvalue weighted by atomic mass is 35.5. The molecule has 1 aliphatic heterocycles. The number of nitrogens with zero attached hydrogens (tertiary/aromatic N) is 3. The Labute approximate surface area is 228 Å². The van der Waals surface area contributed by atoms with Crippen LogP contribution < -0.4 is 9.11 Å². The van der Waals surface area contributed by atoms with E-state index in [9.17, 15) is 13.2 Å². The molecule has 2 heterocycles. The fourth-order valence-electron chi connectivity index (χ4n) is 4.30. The molecule has 0 saturated carbocycles. The molecule has 3 aromatic carbocycles. The Morgan fingerprint density at radius 2 is 1.84 bits per heavy atom. The van der Waals surface area contributed by atoms with E-state index in [1.54, 1.807) is 6.07 Å². The number of fused-ring (bicyclic) bond motifs is 2. The van der Waals surface area contributed by atoms with E-state index >= 15 is 0 Å². The Morgan fingerprint density at radius 3 is 2.59 bits per heavy atom. The first kappa shape index (κ1) is 25.9. The molecule has 1 aromatic heterocycles. The van der Waals surface area contributed by atoms with Crippen LogP contribution in [0.15, 0.2) is 70.6 Å². The highest BCUT2D eigenvalue weighted by Gasteiger charge is 2.30. The number of thiazole rings is 1. The van der Waals surface area contributed by atoms with E-state index < -0.39 is 15.9 Å². The summed E-state index contributed by atoms with van der Waals surface area (Å²) in [7, 11) is -3.75. The van der Waals surface area contributed by atoms with Gasteiger partial charge in [0.1, 0.15) is 0 Å². The van der Waals surface area contributed by atoms with Crippen LogP contribution in [0.1, 0.15) is 22.8 Å². The van der Waals surface area contributed by atoms with Crippen LogP contribution >= 0.6 is 34.5 Å². The third-order valence-electron chi connectivity index (χ3n) is 6.13. The van der Waals surface area contributed by atoms with Gasteiger partial charge in [-0.1, -0.05) is 52.7 Å². The molecule has 0 fully saturated rings. The van der Waals surface area contributed by atoms with Crippen LogP contribution in [0.5, 0.6) is 0 Å². The number of hydrogen-bond donors (Lipinski definition) is 0. The van der Waals surface area contributed by atoms with Crippen molar-refractivity contribution in [1.29, 1.82) is 0 Å². The number of ether oxygens (including phenoxy) is 1. The van der Waals surface area contributed by atoms with E-state index in [0.717, 1.165) is 10.3 Å². The van der Waals surface area contributed by atoms with Crippen molar-refractivity contribution in [2.45, 2.75) is 24.8 Å². The maximum atomic E-state index is 13.3. The van der Waals surface area contributed by atoms with Gasteiger partial charge in [-0.15, -0.1) is 0 Å². The monoisotopic (exact) mass is 575 g/mol. The minimum atomic E-state index is -3.75. The predicted octanol–water partition coefficient (Wildman–Crippen LogP) is 5.54. The molecule has 0 unspecified atom stereocenters. The van der Waals surface area contributed by atoms with Crippen LogP contribution in [0.25, 0.3) is 10.2 Å². The summed E-state index contributed by atoms with van der Waals surface area (Å²) < 4.78 is 36.1. The lowest BCUT2D eigenvalue weighted by atomic mass is 10.2. The third kappa shape index (κ3) is 4.94. The predicted molar refractivity (Wildman–Crippen MR) is 147 cm³/mol. The molecule has 0 N–H and O–H groups in total. The number of carbonyl (C=O) groups excluding carboxylic acids is 1. The summed E-state index contributed by atoms with van der Waals surface area (Å²) in [4.78, 5) is 18.0. The average Bonchev–Trinajstić information content (AvgIpc) is 3.49. The molecule has 1 aliphatic rings. The number of anilines is 1. The van der Waals surface area contributed by atoms with Crippen molar-refractivity contribution in [3.8, 4) is 0 Å². The van der Waals surface area contributed by atoms with Gasteiger partial charge in [0.15, 0.2) is 4.80 Å². The van der Waals surface area contributed by atoms with E-state index in [2.05, 4.69) is 4.99 Å². The van der Waals surface area contributed by atoms with Gasteiger partial charge in [-0.3, -0.25) is 9.10 Å². The highest BCUT2D eigenvalue weighted by molar-refractivity contribution is 7.92. The SMILES string of the molecule is CCOCCn1c(=NC(=O)c2ccc(S(=O)(=O)N3CCc4ccccc43)cc2)sc2ccc(Cl)c(Cl)c21. The summed E-state index contributed by atoms with van der Waals surface area (Å²) in [6, 6.07) is 16.9. The molecule has 0 atom stereocenters. The van der Waals surface area contributed by atoms with Crippen LogP contribution in [0.2, 0.25) is 10.0 Å². The van der Waals surface area contributed by atoms with Crippen LogP contribution in [-0.2, 0) is 27.7 Å². The number of carbonyl (C=O) groups is 1. The minimum absolute atomic E-state index is 0.121. The van der Waals surface area contributed by atoms with Gasteiger partial charge in [0.2, 0.25) is 0 Å². The first-order valence-corrected chi connectivity index (χ1v) is 14.7. The molecule has 0 aliphatic carbocycles. The number of amides is 1. The second-order valence-electron chi connectivity index (χ2n) is 8.34. The van der Waals surface area contributed by atoms with Gasteiger partial charge >= 0.3 is 0 Å². The van der Waals surface area contributed by atoms with Gasteiger partial charge < -0.3 is 9.30 Å². The zero-order chi connectivity index (χ0) is 26.2. The van der Waals surface area contributed by atoms with Crippen LogP contribution in [0, 0.1) is 0 Å². The van der Waals surface area contributed by atoms with Gasteiger partial charge in [-0.05, 0) is 61.4 Å². The van der Waals surface area contributed by atoms with Crippen molar-refractivity contribution in [2.75, 3.05) is 24.1 Å². The lowest BCUT2D eigenvalue weighted by Gasteiger charge is -2.19. The number of halogens is 2. The maximum absolute atomic E-state index is 13.3. The number of rotatable bonds is 7. The number of aromatic nitrogens is 1. The first-order chi connectivity index (χ1) is 17.8. The van der Waals surface area contributed by atoms with Crippen molar-refractivity contribution >= 4 is 66.4 Å². The Bertz CT molecular complexity index is 1660. The standard InChI is InChI=1S/C26H23Cl2N3O4S2/c1-2-35-16-15-30-24-22(12-11-20(27)23(24)28)36-26(30)29-25(32)18-7-9-19(10-8-18)37(33,34)31-14-13-17-5-3-4-6-21(17)31/h3-12H,2,13-16H2,1H3. The summed E-state index contributed by atoms with van der Waals surface area (Å²) in [5, 5.41) is 0.797. The van der Waals surface area contributed by atoms with Crippen LogP contribution in [0.3, 0.4) is 0 Å². The van der Waals surface area contributed by atoms with E-state index in [4.69, 9.17) is 27.9 Å². The second-order valence-corrected chi connectivity index (χ2v) is 12.0. The van der Waals surface area contributed by atoms with Gasteiger partial charge in [0.05, 0.1) is 37.5 Å². The van der Waals surface area contributed by atoms with E-state index in [0.29, 0.717) is 58.8 Å². The summed E-state index contributed by atoms with van der Waals surface area (Å²) in [6.07, 6.45) is 0.665. The zero-order valence-corrected chi connectivity index (χ0v) is 23.0. The molecule has 5 rings (SSSR count). The third-order valence-corrected chi connectivity index (χ3v) is 9.79. The number of hydrogen-bond acceptors (Lipinski definition) is 5. The lowest BCUT2D eigenvalue weighted by Crippen LogP contribution is -2.29. The molecule has 192 valence electrons. The van der Waals surface area contributed by atoms with Gasteiger partial charge in [-0.25, -0.2) is 8.42 Å². The normalized spacial score (nSPS) is 13.9. The molecule has 4 aromatic rings. The largest absolute Gasteiger partial charge is 0.380 e. The molecule has 0 saturated heterocycles. The van der Waals surface area contributed by atoms with Crippen LogP contribution in [-0.4, -0.2) is 38.7 Å². The second kappa shape index (κ2) is 10.6. The smallest absolute Gasteiger partial charge is 0.279 e. The van der Waals surface area contributed by atoms with Gasteiger partial charge in [-0.2, -0.15) is 4.99 Å². The number of sulfonamides is 1. The highest BCUT2D eigenvalue weighted by Crippen LogP contribution is 2.33. The molecule has 1 amide bonds. The number of benzene rings is 3. The van der Waals surface area contributed by atoms with Gasteiger partial charge in [0, 0.05) is 25.3 Å². The molecule has 7 nitrogen and oxygen atoms in total. The van der Waals surface area contributed by atoms with Crippen molar-refractivity contribution < 1.29 is 17.9 Å². The lowest BCUT2D eigenvalue weighted by molar-refractivity contribution is 0.0996. The Hall–Kier alpha value is -2.69. The van der Waals surface area contributed by atoms with Crippen LogP contribution in [0.4, 0.5) is 5.69 Å². The molecule has 0 radical (unpaired) electrons. The average molecular weight is 577 g/mol. The Morgan fingerprint density at radius 1 is 1.08 bits per heavy atom. The fourth-order valence-corrected chi connectivity index (χ4v) is 7.34. The maximum Gasteiger partial charge on any atom is 0.279 e.